The van der Waals surface area contributed by atoms with Gasteiger partial charge >= 0.3 is 5.97 Å². The lowest BCUT2D eigenvalue weighted by molar-refractivity contribution is -0.133. The number of nitrogens with zero attached hydrogens (tertiary/aromatic N) is 2. The number of amides is 1. The van der Waals surface area contributed by atoms with Crippen LogP contribution in [0.25, 0.3) is 0 Å². The first-order chi connectivity index (χ1) is 10.5. The van der Waals surface area contributed by atoms with Crippen molar-refractivity contribution in [2.75, 3.05) is 13.1 Å². The number of carbonyl (C=O) groups is 2. The van der Waals surface area contributed by atoms with Crippen LogP contribution in [-0.2, 0) is 4.79 Å². The van der Waals surface area contributed by atoms with E-state index in [-0.39, 0.29) is 17.6 Å². The normalized spacial score (nSPS) is 20.9. The molecule has 1 N–H and O–H groups in total. The summed E-state index contributed by atoms with van der Waals surface area (Å²) in [7, 11) is 0. The first-order valence-corrected chi connectivity index (χ1v) is 8.02. The van der Waals surface area contributed by atoms with Crippen molar-refractivity contribution in [3.05, 3.63) is 17.5 Å². The number of rotatable bonds is 5. The van der Waals surface area contributed by atoms with Gasteiger partial charge in [-0.05, 0) is 37.5 Å². The number of carboxylic acids is 1. The fourth-order valence-corrected chi connectivity index (χ4v) is 3.24. The van der Waals surface area contributed by atoms with E-state index in [2.05, 4.69) is 12.1 Å². The van der Waals surface area contributed by atoms with E-state index >= 15 is 0 Å². The maximum Gasteiger partial charge on any atom is 0.374 e. The van der Waals surface area contributed by atoms with Gasteiger partial charge in [0.1, 0.15) is 0 Å². The lowest BCUT2D eigenvalue weighted by Gasteiger charge is -2.31. The maximum atomic E-state index is 12.3. The van der Waals surface area contributed by atoms with Gasteiger partial charge in [-0.25, -0.2) is 4.79 Å². The van der Waals surface area contributed by atoms with Gasteiger partial charge in [0.25, 0.3) is 0 Å². The van der Waals surface area contributed by atoms with E-state index in [0.29, 0.717) is 18.0 Å². The molecule has 2 aliphatic rings. The summed E-state index contributed by atoms with van der Waals surface area (Å²) in [5, 5.41) is 12.7. The standard InChI is InChI=1S/C16H22N2O4/c1-10(11-2-3-11)8-15(19)18-6-4-12(5-7-18)13-9-14(16(20)21)22-17-13/h9-12H,2-8H2,1H3,(H,20,21). The molecule has 1 unspecified atom stereocenters. The van der Waals surface area contributed by atoms with Crippen LogP contribution in [-0.4, -0.2) is 40.1 Å². The van der Waals surface area contributed by atoms with Crippen molar-refractivity contribution in [2.45, 2.75) is 44.9 Å². The zero-order chi connectivity index (χ0) is 15.7. The topological polar surface area (TPSA) is 83.6 Å². The quantitative estimate of drug-likeness (QED) is 0.903. The van der Waals surface area contributed by atoms with E-state index < -0.39 is 5.97 Å². The van der Waals surface area contributed by atoms with Gasteiger partial charge < -0.3 is 14.5 Å². The molecule has 120 valence electrons. The Bertz CT molecular complexity index is 556. The minimum absolute atomic E-state index is 0.119. The number of carbonyl (C=O) groups excluding carboxylic acids is 1. The second kappa shape index (κ2) is 6.10. The van der Waals surface area contributed by atoms with Crippen molar-refractivity contribution in [1.29, 1.82) is 0 Å². The Morgan fingerprint density at radius 2 is 2.05 bits per heavy atom. The minimum Gasteiger partial charge on any atom is -0.475 e. The van der Waals surface area contributed by atoms with E-state index in [1.807, 2.05) is 4.90 Å². The van der Waals surface area contributed by atoms with Gasteiger partial charge in [0, 0.05) is 31.5 Å². The number of aromatic nitrogens is 1. The predicted molar refractivity (Wildman–Crippen MR) is 78.5 cm³/mol. The lowest BCUT2D eigenvalue weighted by atomic mass is 9.92. The Morgan fingerprint density at radius 3 is 2.59 bits per heavy atom. The Balaban J connectivity index is 1.50. The molecule has 2 heterocycles. The summed E-state index contributed by atoms with van der Waals surface area (Å²) in [6.07, 6.45) is 4.83. The summed E-state index contributed by atoms with van der Waals surface area (Å²) in [4.78, 5) is 25.0. The molecule has 1 atom stereocenters. The molecule has 1 amide bonds. The van der Waals surface area contributed by atoms with Gasteiger partial charge in [-0.3, -0.25) is 4.79 Å². The van der Waals surface area contributed by atoms with Crippen LogP contribution >= 0.6 is 0 Å². The summed E-state index contributed by atoms with van der Waals surface area (Å²) >= 11 is 0. The molecule has 1 saturated carbocycles. The third-order valence-electron chi connectivity index (χ3n) is 4.93. The average Bonchev–Trinajstić information content (AvgIpc) is 3.24. The van der Waals surface area contributed by atoms with Gasteiger partial charge in [0.15, 0.2) is 0 Å². The Kier molecular flexibility index (Phi) is 4.18. The summed E-state index contributed by atoms with van der Waals surface area (Å²) in [5.74, 6) is 0.475. The molecule has 2 fully saturated rings. The van der Waals surface area contributed by atoms with Crippen LogP contribution in [0.3, 0.4) is 0 Å². The van der Waals surface area contributed by atoms with Crippen molar-refractivity contribution in [3.63, 3.8) is 0 Å². The second-order valence-electron chi connectivity index (χ2n) is 6.60. The first-order valence-electron chi connectivity index (χ1n) is 8.02. The zero-order valence-corrected chi connectivity index (χ0v) is 12.8. The van der Waals surface area contributed by atoms with Gasteiger partial charge in [-0.1, -0.05) is 12.1 Å². The molecular formula is C16H22N2O4. The molecule has 0 radical (unpaired) electrons. The van der Waals surface area contributed by atoms with Crippen molar-refractivity contribution in [3.8, 4) is 0 Å². The second-order valence-corrected chi connectivity index (χ2v) is 6.60. The maximum absolute atomic E-state index is 12.3. The van der Waals surface area contributed by atoms with Gasteiger partial charge in [0.05, 0.1) is 5.69 Å². The highest BCUT2D eigenvalue weighted by Crippen LogP contribution is 2.38. The largest absolute Gasteiger partial charge is 0.475 e. The summed E-state index contributed by atoms with van der Waals surface area (Å²) in [5.41, 5.74) is 0.691. The summed E-state index contributed by atoms with van der Waals surface area (Å²) in [6.45, 7) is 3.61. The van der Waals surface area contributed by atoms with Crippen LogP contribution in [0.5, 0.6) is 0 Å². The third kappa shape index (κ3) is 3.31. The van der Waals surface area contributed by atoms with Crippen LogP contribution in [0.15, 0.2) is 10.6 Å². The van der Waals surface area contributed by atoms with Crippen molar-refractivity contribution < 1.29 is 19.2 Å². The van der Waals surface area contributed by atoms with Crippen LogP contribution in [0.2, 0.25) is 0 Å². The molecule has 1 aromatic heterocycles. The number of piperidine rings is 1. The van der Waals surface area contributed by atoms with Crippen molar-refractivity contribution in [2.24, 2.45) is 11.8 Å². The molecule has 1 saturated heterocycles. The Morgan fingerprint density at radius 1 is 1.36 bits per heavy atom. The number of aromatic carboxylic acids is 1. The fraction of sp³-hybridized carbons (Fsp3) is 0.688. The van der Waals surface area contributed by atoms with E-state index in [1.54, 1.807) is 0 Å². The fourth-order valence-electron chi connectivity index (χ4n) is 3.24. The molecule has 0 spiro atoms. The molecule has 0 bridgehead atoms. The van der Waals surface area contributed by atoms with E-state index in [0.717, 1.165) is 31.8 Å². The monoisotopic (exact) mass is 306 g/mol. The van der Waals surface area contributed by atoms with Crippen molar-refractivity contribution in [1.82, 2.24) is 10.1 Å². The summed E-state index contributed by atoms with van der Waals surface area (Å²) in [6, 6.07) is 1.50. The highest BCUT2D eigenvalue weighted by Gasteiger charge is 2.32. The summed E-state index contributed by atoms with van der Waals surface area (Å²) < 4.78 is 4.81. The molecule has 0 aromatic carbocycles. The van der Waals surface area contributed by atoms with Crippen LogP contribution in [0, 0.1) is 11.8 Å². The minimum atomic E-state index is -1.10. The zero-order valence-electron chi connectivity index (χ0n) is 12.8. The highest BCUT2D eigenvalue weighted by molar-refractivity contribution is 5.84. The molecule has 22 heavy (non-hydrogen) atoms. The molecule has 3 rings (SSSR count). The Hall–Kier alpha value is -1.85. The molecule has 6 nitrogen and oxygen atoms in total. The lowest BCUT2D eigenvalue weighted by Crippen LogP contribution is -2.38. The SMILES string of the molecule is CC(CC(=O)N1CCC(c2cc(C(=O)O)on2)CC1)C1CC1. The number of hydrogen-bond acceptors (Lipinski definition) is 4. The van der Waals surface area contributed by atoms with Crippen LogP contribution in [0.1, 0.15) is 61.2 Å². The number of carboxylic acid groups (broad SMARTS) is 1. The third-order valence-corrected chi connectivity index (χ3v) is 4.93. The average molecular weight is 306 g/mol. The number of hydrogen-bond donors (Lipinski definition) is 1. The smallest absolute Gasteiger partial charge is 0.374 e. The van der Waals surface area contributed by atoms with Gasteiger partial charge in [-0.2, -0.15) is 0 Å². The highest BCUT2D eigenvalue weighted by atomic mass is 16.5. The van der Waals surface area contributed by atoms with Gasteiger partial charge in [-0.15, -0.1) is 0 Å². The Labute approximate surface area is 129 Å². The number of likely N-dealkylation sites (tertiary alicyclic amines) is 1. The van der Waals surface area contributed by atoms with Crippen LogP contribution < -0.4 is 0 Å². The molecule has 1 aliphatic carbocycles. The first kappa shape index (κ1) is 15.1. The van der Waals surface area contributed by atoms with E-state index in [9.17, 15) is 9.59 Å². The van der Waals surface area contributed by atoms with Crippen molar-refractivity contribution >= 4 is 11.9 Å². The van der Waals surface area contributed by atoms with Gasteiger partial charge in [0.2, 0.25) is 11.7 Å². The van der Waals surface area contributed by atoms with E-state index in [1.165, 1.54) is 18.9 Å². The van der Waals surface area contributed by atoms with Crippen LogP contribution in [0.4, 0.5) is 0 Å². The molecular weight excluding hydrogens is 284 g/mol. The molecule has 6 heteroatoms. The van der Waals surface area contributed by atoms with E-state index in [4.69, 9.17) is 9.63 Å². The molecule has 1 aromatic rings. The predicted octanol–water partition coefficient (Wildman–Crippen LogP) is 2.52. The molecule has 1 aliphatic heterocycles.